The average molecular weight is 357 g/mol. The second-order valence-electron chi connectivity index (χ2n) is 6.29. The molecular formula is C21H19N5O. The number of carbonyl (C=O) groups is 1. The van der Waals surface area contributed by atoms with Crippen molar-refractivity contribution in [2.75, 3.05) is 5.32 Å². The Kier molecular flexibility index (Phi) is 4.30. The number of aromatic nitrogens is 4. The van der Waals surface area contributed by atoms with Gasteiger partial charge >= 0.3 is 0 Å². The van der Waals surface area contributed by atoms with Gasteiger partial charge in [-0.05, 0) is 38.1 Å². The first kappa shape index (κ1) is 16.8. The zero-order valence-electron chi connectivity index (χ0n) is 15.1. The van der Waals surface area contributed by atoms with Crippen LogP contribution < -0.4 is 5.32 Å². The molecule has 0 aliphatic carbocycles. The van der Waals surface area contributed by atoms with Gasteiger partial charge in [0.25, 0.3) is 0 Å². The van der Waals surface area contributed by atoms with E-state index >= 15 is 0 Å². The predicted octanol–water partition coefficient (Wildman–Crippen LogP) is 4.02. The van der Waals surface area contributed by atoms with Crippen LogP contribution in [0.25, 0.3) is 22.7 Å². The number of rotatable bonds is 4. The molecule has 6 heteroatoms. The molecule has 2 N–H and O–H groups in total. The summed E-state index contributed by atoms with van der Waals surface area (Å²) in [5, 5.41) is 15.4. The van der Waals surface area contributed by atoms with Gasteiger partial charge < -0.3 is 5.32 Å². The monoisotopic (exact) mass is 357 g/mol. The van der Waals surface area contributed by atoms with Crippen molar-refractivity contribution in [1.29, 1.82) is 0 Å². The van der Waals surface area contributed by atoms with Gasteiger partial charge in [-0.1, -0.05) is 30.3 Å². The fourth-order valence-corrected chi connectivity index (χ4v) is 3.12. The van der Waals surface area contributed by atoms with E-state index in [-0.39, 0.29) is 5.91 Å². The summed E-state index contributed by atoms with van der Waals surface area (Å²) in [4.78, 5) is 12.4. The van der Waals surface area contributed by atoms with Gasteiger partial charge in [0, 0.05) is 22.7 Å². The van der Waals surface area contributed by atoms with E-state index < -0.39 is 0 Å². The van der Waals surface area contributed by atoms with Crippen LogP contribution in [0.15, 0.2) is 60.8 Å². The number of hydrogen-bond acceptors (Lipinski definition) is 3. The Morgan fingerprint density at radius 2 is 1.93 bits per heavy atom. The number of hydrogen-bond donors (Lipinski definition) is 2. The molecule has 0 aliphatic rings. The van der Waals surface area contributed by atoms with Crippen LogP contribution >= 0.6 is 0 Å². The van der Waals surface area contributed by atoms with E-state index in [9.17, 15) is 4.79 Å². The molecule has 2 heterocycles. The van der Waals surface area contributed by atoms with Crippen molar-refractivity contribution in [3.63, 3.8) is 0 Å². The van der Waals surface area contributed by atoms with Crippen LogP contribution in [-0.2, 0) is 4.79 Å². The Balaban J connectivity index is 1.57. The molecule has 1 amide bonds. The molecule has 2 aromatic carbocycles. The maximum atomic E-state index is 12.4. The number of benzene rings is 2. The van der Waals surface area contributed by atoms with Gasteiger partial charge in [-0.3, -0.25) is 9.89 Å². The minimum absolute atomic E-state index is 0.205. The molecule has 0 fully saturated rings. The van der Waals surface area contributed by atoms with Crippen molar-refractivity contribution in [1.82, 2.24) is 20.0 Å². The summed E-state index contributed by atoms with van der Waals surface area (Å²) < 4.78 is 1.89. The lowest BCUT2D eigenvalue weighted by Gasteiger charge is -2.04. The minimum Gasteiger partial charge on any atom is -0.321 e. The third kappa shape index (κ3) is 3.25. The van der Waals surface area contributed by atoms with Crippen LogP contribution in [0.4, 0.5) is 5.69 Å². The Morgan fingerprint density at radius 3 is 2.74 bits per heavy atom. The molecule has 27 heavy (non-hydrogen) atoms. The first-order valence-corrected chi connectivity index (χ1v) is 8.66. The molecule has 0 saturated carbocycles. The number of nitrogens with zero attached hydrogens (tertiary/aromatic N) is 3. The molecule has 4 rings (SSSR count). The van der Waals surface area contributed by atoms with Crippen LogP contribution in [0.3, 0.4) is 0 Å². The number of aromatic amines is 1. The van der Waals surface area contributed by atoms with Gasteiger partial charge in [0.1, 0.15) is 0 Å². The maximum Gasteiger partial charge on any atom is 0.248 e. The molecule has 6 nitrogen and oxygen atoms in total. The molecule has 4 aromatic rings. The number of fused-ring (bicyclic) bond motifs is 1. The number of H-pyrrole nitrogens is 1. The smallest absolute Gasteiger partial charge is 0.248 e. The first-order valence-electron chi connectivity index (χ1n) is 8.66. The van der Waals surface area contributed by atoms with Crippen LogP contribution in [0, 0.1) is 13.8 Å². The summed E-state index contributed by atoms with van der Waals surface area (Å²) in [6, 6.07) is 15.6. The summed E-state index contributed by atoms with van der Waals surface area (Å²) in [6.45, 7) is 3.94. The molecule has 0 atom stereocenters. The highest BCUT2D eigenvalue weighted by Crippen LogP contribution is 2.21. The van der Waals surface area contributed by atoms with Crippen molar-refractivity contribution in [2.45, 2.75) is 13.8 Å². The molecule has 134 valence electrons. The van der Waals surface area contributed by atoms with Gasteiger partial charge in [0.05, 0.1) is 28.8 Å². The number of anilines is 1. The van der Waals surface area contributed by atoms with Crippen molar-refractivity contribution < 1.29 is 4.79 Å². The van der Waals surface area contributed by atoms with Gasteiger partial charge in [-0.2, -0.15) is 10.2 Å². The number of nitrogens with one attached hydrogen (secondary N) is 2. The lowest BCUT2D eigenvalue weighted by atomic mass is 10.1. The van der Waals surface area contributed by atoms with E-state index in [1.165, 1.54) is 6.08 Å². The lowest BCUT2D eigenvalue weighted by Crippen LogP contribution is -2.08. The van der Waals surface area contributed by atoms with E-state index in [1.807, 2.05) is 67.1 Å². The highest BCUT2D eigenvalue weighted by molar-refractivity contribution is 6.06. The largest absolute Gasteiger partial charge is 0.321 e. The average Bonchev–Trinajstić information content (AvgIpc) is 3.26. The van der Waals surface area contributed by atoms with E-state index in [0.717, 1.165) is 33.5 Å². The second kappa shape index (κ2) is 6.92. The Morgan fingerprint density at radius 1 is 1.11 bits per heavy atom. The third-order valence-corrected chi connectivity index (χ3v) is 4.48. The fourth-order valence-electron chi connectivity index (χ4n) is 3.12. The summed E-state index contributed by atoms with van der Waals surface area (Å²) in [5.41, 5.74) is 5.30. The number of amides is 1. The predicted molar refractivity (Wildman–Crippen MR) is 107 cm³/mol. The van der Waals surface area contributed by atoms with Crippen molar-refractivity contribution in [3.8, 4) is 5.69 Å². The molecular weight excluding hydrogens is 338 g/mol. The van der Waals surface area contributed by atoms with Crippen molar-refractivity contribution in [2.24, 2.45) is 0 Å². The van der Waals surface area contributed by atoms with Gasteiger partial charge in [0.2, 0.25) is 5.91 Å². The van der Waals surface area contributed by atoms with Gasteiger partial charge in [-0.15, -0.1) is 0 Å². The third-order valence-electron chi connectivity index (χ3n) is 4.48. The number of carbonyl (C=O) groups excluding carboxylic acids is 1. The maximum absolute atomic E-state index is 12.4. The molecule has 0 radical (unpaired) electrons. The van der Waals surface area contributed by atoms with Crippen LogP contribution in [0.2, 0.25) is 0 Å². The minimum atomic E-state index is -0.205. The molecule has 0 aliphatic heterocycles. The molecule has 0 unspecified atom stereocenters. The highest BCUT2D eigenvalue weighted by atomic mass is 16.1. The molecule has 2 aromatic heterocycles. The van der Waals surface area contributed by atoms with E-state index in [4.69, 9.17) is 0 Å². The first-order chi connectivity index (χ1) is 13.1. The zero-order chi connectivity index (χ0) is 18.8. The lowest BCUT2D eigenvalue weighted by molar-refractivity contribution is -0.111. The molecule has 0 spiro atoms. The summed E-state index contributed by atoms with van der Waals surface area (Å²) >= 11 is 0. The van der Waals surface area contributed by atoms with E-state index in [1.54, 1.807) is 12.3 Å². The topological polar surface area (TPSA) is 75.6 Å². The van der Waals surface area contributed by atoms with Crippen molar-refractivity contribution in [3.05, 3.63) is 77.8 Å². The van der Waals surface area contributed by atoms with Crippen LogP contribution in [0.1, 0.15) is 17.0 Å². The second-order valence-corrected chi connectivity index (χ2v) is 6.29. The Hall–Kier alpha value is -3.67. The van der Waals surface area contributed by atoms with Gasteiger partial charge in [-0.25, -0.2) is 4.68 Å². The fraction of sp³-hybridized carbons (Fsp3) is 0.0952. The summed E-state index contributed by atoms with van der Waals surface area (Å²) in [5.74, 6) is -0.205. The number of aryl methyl sites for hydroxylation is 1. The molecule has 0 bridgehead atoms. The molecule has 0 saturated heterocycles. The van der Waals surface area contributed by atoms with E-state index in [0.29, 0.717) is 5.69 Å². The Labute approximate surface area is 156 Å². The SMILES string of the molecule is Cc1nn(-c2ccccc2)c(C)c1/C=C/C(=O)Nc1cccc2cn[nH]c12. The van der Waals surface area contributed by atoms with Gasteiger partial charge in [0.15, 0.2) is 0 Å². The quantitative estimate of drug-likeness (QED) is 0.542. The van der Waals surface area contributed by atoms with Crippen LogP contribution in [-0.4, -0.2) is 25.9 Å². The van der Waals surface area contributed by atoms with Crippen molar-refractivity contribution >= 4 is 28.6 Å². The summed E-state index contributed by atoms with van der Waals surface area (Å²) in [6.07, 6.45) is 5.06. The zero-order valence-corrected chi connectivity index (χ0v) is 15.1. The normalized spacial score (nSPS) is 11.3. The highest BCUT2D eigenvalue weighted by Gasteiger charge is 2.11. The standard InChI is InChI=1S/C21H19N5O/c1-14-18(15(2)26(25-14)17-8-4-3-5-9-17)11-12-20(27)23-19-10-6-7-16-13-22-24-21(16)19/h3-13H,1-2H3,(H,22,24)(H,23,27)/b12-11+. The van der Waals surface area contributed by atoms with Crippen LogP contribution in [0.5, 0.6) is 0 Å². The number of para-hydroxylation sites is 2. The summed E-state index contributed by atoms with van der Waals surface area (Å²) in [7, 11) is 0. The Bertz CT molecular complexity index is 1140. The van der Waals surface area contributed by atoms with E-state index in [2.05, 4.69) is 20.6 Å².